The van der Waals surface area contributed by atoms with E-state index in [0.29, 0.717) is 6.54 Å². The van der Waals surface area contributed by atoms with Crippen LogP contribution in [0.1, 0.15) is 52.5 Å². The number of rotatable bonds is 3. The zero-order valence-electron chi connectivity index (χ0n) is 17.2. The average molecular weight is 372 g/mol. The van der Waals surface area contributed by atoms with Gasteiger partial charge in [-0.05, 0) is 52.5 Å². The third-order valence-electron chi connectivity index (χ3n) is 4.52. The fourth-order valence-electron chi connectivity index (χ4n) is 3.19. The van der Waals surface area contributed by atoms with Gasteiger partial charge in [0.25, 0.3) is 0 Å². The largest absolute Gasteiger partial charge is 0.444 e. The third-order valence-corrected chi connectivity index (χ3v) is 4.52. The molecule has 2 rings (SSSR count). The number of aromatic nitrogens is 1. The molecule has 1 aliphatic rings. The molecule has 0 fully saturated rings. The zero-order chi connectivity index (χ0) is 20.6. The Hall–Kier alpha value is -2.45. The first-order valence-corrected chi connectivity index (χ1v) is 9.29. The Labute approximate surface area is 163 Å². The van der Waals surface area contributed by atoms with Gasteiger partial charge in [-0.2, -0.15) is 0 Å². The minimum atomic E-state index is -0.466. The molecule has 0 aliphatic heterocycles. The molecule has 148 valence electrons. The Kier molecular flexibility index (Phi) is 8.39. The van der Waals surface area contributed by atoms with Crippen LogP contribution < -0.4 is 16.3 Å². The summed E-state index contributed by atoms with van der Waals surface area (Å²) in [5.41, 5.74) is 7.80. The lowest BCUT2D eigenvalue weighted by Gasteiger charge is -2.32. The number of nitrogens with one attached hydrogen (secondary N) is 1. The van der Waals surface area contributed by atoms with Gasteiger partial charge in [-0.1, -0.05) is 18.2 Å². The molecule has 0 saturated carbocycles. The van der Waals surface area contributed by atoms with Crippen LogP contribution in [0.25, 0.3) is 17.7 Å². The Morgan fingerprint density at radius 3 is 2.59 bits per heavy atom. The van der Waals surface area contributed by atoms with E-state index in [1.54, 1.807) is 4.90 Å². The van der Waals surface area contributed by atoms with Gasteiger partial charge in [0.15, 0.2) is 0 Å². The molecule has 0 saturated heterocycles. The summed E-state index contributed by atoms with van der Waals surface area (Å²) in [6, 6.07) is 0.177. The van der Waals surface area contributed by atoms with Crippen molar-refractivity contribution in [2.45, 2.75) is 58.6 Å². The van der Waals surface area contributed by atoms with Crippen LogP contribution in [0.5, 0.6) is 0 Å². The van der Waals surface area contributed by atoms with Crippen molar-refractivity contribution in [1.82, 2.24) is 9.88 Å². The summed E-state index contributed by atoms with van der Waals surface area (Å²) in [5.74, 6) is 0. The van der Waals surface area contributed by atoms with E-state index in [1.807, 2.05) is 34.7 Å². The van der Waals surface area contributed by atoms with Gasteiger partial charge < -0.3 is 20.4 Å². The van der Waals surface area contributed by atoms with Gasteiger partial charge in [-0.25, -0.2) is 4.79 Å². The molecule has 1 unspecified atom stereocenters. The summed E-state index contributed by atoms with van der Waals surface area (Å²) >= 11 is 0. The summed E-state index contributed by atoms with van der Waals surface area (Å²) in [6.45, 7) is 8.21. The molecular formula is C22H33N3O2. The maximum absolute atomic E-state index is 12.2. The number of hydrogen-bond acceptors (Lipinski definition) is 3. The van der Waals surface area contributed by atoms with Crippen LogP contribution in [-0.4, -0.2) is 41.2 Å². The second kappa shape index (κ2) is 10.0. The maximum Gasteiger partial charge on any atom is 0.410 e. The molecule has 1 atom stereocenters. The van der Waals surface area contributed by atoms with Crippen molar-refractivity contribution in [1.29, 1.82) is 0 Å². The Balaban J connectivity index is 0.00000176. The lowest BCUT2D eigenvalue weighted by atomic mass is 9.90. The summed E-state index contributed by atoms with van der Waals surface area (Å²) in [6.07, 6.45) is 18.9. The number of carbonyl (C=O) groups excluding carboxylic acids is 1. The molecule has 27 heavy (non-hydrogen) atoms. The van der Waals surface area contributed by atoms with Crippen molar-refractivity contribution in [2.24, 2.45) is 5.73 Å². The van der Waals surface area contributed by atoms with Gasteiger partial charge in [-0.15, -0.1) is 12.8 Å². The van der Waals surface area contributed by atoms with Crippen LogP contribution in [0, 0.1) is 12.8 Å². The molecule has 1 aromatic rings. The average Bonchev–Trinajstić information content (AvgIpc) is 3.04. The maximum atomic E-state index is 12.2. The molecule has 1 aromatic heterocycles. The fourth-order valence-corrected chi connectivity index (χ4v) is 3.19. The fraction of sp³-hybridized carbons (Fsp3) is 0.500. The number of amides is 1. The predicted molar refractivity (Wildman–Crippen MR) is 113 cm³/mol. The minimum Gasteiger partial charge on any atom is -0.444 e. The third kappa shape index (κ3) is 6.04. The summed E-state index contributed by atoms with van der Waals surface area (Å²) in [7, 11) is 1.83. The van der Waals surface area contributed by atoms with Gasteiger partial charge in [0.1, 0.15) is 5.60 Å². The number of nitrogens with zero attached hydrogens (tertiary/aromatic N) is 1. The molecule has 0 spiro atoms. The first-order chi connectivity index (χ1) is 12.8. The van der Waals surface area contributed by atoms with E-state index >= 15 is 0 Å². The van der Waals surface area contributed by atoms with Crippen molar-refractivity contribution in [3.8, 4) is 12.8 Å². The van der Waals surface area contributed by atoms with Crippen LogP contribution in [0.3, 0.4) is 0 Å². The normalized spacial score (nSPS) is 18.4. The first kappa shape index (κ1) is 22.6. The number of terminal acetylenes is 1. The molecule has 1 aliphatic carbocycles. The summed E-state index contributed by atoms with van der Waals surface area (Å²) in [4.78, 5) is 17.3. The molecule has 0 aromatic carbocycles. The van der Waals surface area contributed by atoms with Crippen molar-refractivity contribution in [2.75, 3.05) is 13.6 Å². The van der Waals surface area contributed by atoms with Crippen LogP contribution in [0.4, 0.5) is 4.79 Å². The Morgan fingerprint density at radius 1 is 1.44 bits per heavy atom. The highest BCUT2D eigenvalue weighted by Gasteiger charge is 2.27. The number of carbonyl (C=O) groups is 1. The highest BCUT2D eigenvalue weighted by Crippen LogP contribution is 2.27. The molecular weight excluding hydrogens is 338 g/mol. The van der Waals surface area contributed by atoms with Crippen LogP contribution in [0.2, 0.25) is 0 Å². The molecule has 5 nitrogen and oxygen atoms in total. The molecule has 1 amide bonds. The van der Waals surface area contributed by atoms with Crippen LogP contribution in [-0.2, 0) is 4.74 Å². The van der Waals surface area contributed by atoms with Gasteiger partial charge in [0.05, 0.1) is 0 Å². The van der Waals surface area contributed by atoms with Gasteiger partial charge >= 0.3 is 6.09 Å². The zero-order valence-corrected chi connectivity index (χ0v) is 17.2. The minimum absolute atomic E-state index is 0.177. The summed E-state index contributed by atoms with van der Waals surface area (Å²) in [5, 5.41) is 2.28. The van der Waals surface area contributed by atoms with E-state index < -0.39 is 5.60 Å². The number of hydrogen-bond donors (Lipinski definition) is 2. The van der Waals surface area contributed by atoms with Crippen molar-refractivity contribution < 1.29 is 9.53 Å². The van der Waals surface area contributed by atoms with Crippen molar-refractivity contribution >= 4 is 23.8 Å². The molecule has 0 bridgehead atoms. The Bertz CT molecular complexity index is 794. The SMILES string of the molecule is C#C.C/C=c1/[nH]cc(C2=CCC(N(C)C(=O)OC(C)(C)C)CC2)/c1=C/CN. The van der Waals surface area contributed by atoms with E-state index in [9.17, 15) is 4.79 Å². The van der Waals surface area contributed by atoms with E-state index in [1.165, 1.54) is 16.4 Å². The van der Waals surface area contributed by atoms with Gasteiger partial charge in [-0.3, -0.25) is 0 Å². The highest BCUT2D eigenvalue weighted by atomic mass is 16.6. The van der Waals surface area contributed by atoms with E-state index in [2.05, 4.69) is 42.3 Å². The van der Waals surface area contributed by atoms with Crippen molar-refractivity contribution in [3.63, 3.8) is 0 Å². The lowest BCUT2D eigenvalue weighted by Crippen LogP contribution is -2.41. The van der Waals surface area contributed by atoms with E-state index in [4.69, 9.17) is 10.5 Å². The van der Waals surface area contributed by atoms with Gasteiger partial charge in [0.2, 0.25) is 0 Å². The number of nitrogens with two attached hydrogens (primary N) is 1. The smallest absolute Gasteiger partial charge is 0.410 e. The lowest BCUT2D eigenvalue weighted by molar-refractivity contribution is 0.0215. The van der Waals surface area contributed by atoms with Crippen LogP contribution >= 0.6 is 0 Å². The first-order valence-electron chi connectivity index (χ1n) is 9.29. The number of aromatic amines is 1. The van der Waals surface area contributed by atoms with E-state index in [-0.39, 0.29) is 12.1 Å². The van der Waals surface area contributed by atoms with E-state index in [0.717, 1.165) is 24.6 Å². The second-order valence-electron chi connectivity index (χ2n) is 7.51. The predicted octanol–water partition coefficient (Wildman–Crippen LogP) is 2.61. The molecule has 5 heteroatoms. The van der Waals surface area contributed by atoms with Crippen LogP contribution in [0.15, 0.2) is 12.3 Å². The number of H-pyrrole nitrogens is 1. The second-order valence-corrected chi connectivity index (χ2v) is 7.51. The molecule has 1 heterocycles. The standard InChI is InChI=1S/C20H31N3O2.C2H2/c1-6-18-16(11-12-21)17(13-22-18)14-7-9-15(10-8-14)23(5)19(24)25-20(2,3)4;1-2/h6-7,11,13,15,22H,8-10,12,21H2,1-5H3;1-2H/b16-11-,18-6+;. The monoisotopic (exact) mass is 371 g/mol. The molecule has 3 N–H and O–H groups in total. The topological polar surface area (TPSA) is 71.3 Å². The number of allylic oxidation sites excluding steroid dienone is 1. The number of ether oxygens (including phenoxy) is 1. The molecule has 0 radical (unpaired) electrons. The Morgan fingerprint density at radius 2 is 2.11 bits per heavy atom. The quantitative estimate of drug-likeness (QED) is 0.803. The summed E-state index contributed by atoms with van der Waals surface area (Å²) < 4.78 is 5.47. The highest BCUT2D eigenvalue weighted by molar-refractivity contribution is 5.70. The van der Waals surface area contributed by atoms with Gasteiger partial charge in [0, 0.05) is 42.0 Å². The van der Waals surface area contributed by atoms with Crippen molar-refractivity contribution in [3.05, 3.63) is 28.4 Å².